The molecule has 1 aromatic rings. The van der Waals surface area contributed by atoms with Crippen molar-refractivity contribution in [3.63, 3.8) is 0 Å². The minimum Gasteiger partial charge on any atom is -0.315 e. The lowest BCUT2D eigenvalue weighted by Crippen LogP contribution is -2.39. The fraction of sp³-hybridized carbons (Fsp3) is 0.417. The number of hydrogen-bond acceptors (Lipinski definition) is 2. The van der Waals surface area contributed by atoms with Crippen molar-refractivity contribution in [3.8, 4) is 0 Å². The van der Waals surface area contributed by atoms with E-state index in [2.05, 4.69) is 27.3 Å². The molecule has 1 fully saturated rings. The second-order valence-corrected chi connectivity index (χ2v) is 5.28. The monoisotopic (exact) mass is 280 g/mol. The summed E-state index contributed by atoms with van der Waals surface area (Å²) in [5.41, 5.74) is 2.24. The summed E-state index contributed by atoms with van der Waals surface area (Å²) >= 11 is 3.47. The number of benzene rings is 1. The topological polar surface area (TPSA) is 32.3 Å². The van der Waals surface area contributed by atoms with Crippen molar-refractivity contribution >= 4 is 27.5 Å². The number of rotatable bonds is 1. The normalized spacial score (nSPS) is 23.9. The number of fused-ring (bicyclic) bond motifs is 1. The van der Waals surface area contributed by atoms with E-state index in [1.807, 2.05) is 17.0 Å². The maximum absolute atomic E-state index is 12.0. The van der Waals surface area contributed by atoms with Gasteiger partial charge in [0.2, 0.25) is 5.91 Å². The Morgan fingerprint density at radius 2 is 2.31 bits per heavy atom. The van der Waals surface area contributed by atoms with Crippen LogP contribution in [0.4, 0.5) is 5.69 Å². The van der Waals surface area contributed by atoms with E-state index in [1.54, 1.807) is 0 Å². The van der Waals surface area contributed by atoms with Crippen LogP contribution in [-0.4, -0.2) is 25.0 Å². The number of halogens is 1. The smallest absolute Gasteiger partial charge is 0.231 e. The first kappa shape index (κ1) is 10.3. The number of nitrogens with one attached hydrogen (secondary N) is 1. The molecule has 16 heavy (non-hydrogen) atoms. The summed E-state index contributed by atoms with van der Waals surface area (Å²) in [4.78, 5) is 14.0. The van der Waals surface area contributed by atoms with Gasteiger partial charge in [0.25, 0.3) is 0 Å². The molecule has 0 bridgehead atoms. The molecule has 2 aliphatic heterocycles. The number of hydrogen-bond donors (Lipinski definition) is 1. The third-order valence-corrected chi connectivity index (χ3v) is 3.81. The van der Waals surface area contributed by atoms with Crippen molar-refractivity contribution in [1.82, 2.24) is 5.32 Å². The molecule has 3 rings (SSSR count). The van der Waals surface area contributed by atoms with Gasteiger partial charge in [-0.1, -0.05) is 22.0 Å². The van der Waals surface area contributed by atoms with E-state index >= 15 is 0 Å². The summed E-state index contributed by atoms with van der Waals surface area (Å²) in [6, 6.07) is 6.43. The van der Waals surface area contributed by atoms with Crippen LogP contribution in [0.5, 0.6) is 0 Å². The van der Waals surface area contributed by atoms with Crippen LogP contribution in [0, 0.1) is 0 Å². The quantitative estimate of drug-likeness (QED) is 0.849. The average Bonchev–Trinajstić information content (AvgIpc) is 2.83. The minimum absolute atomic E-state index is 0.238. The van der Waals surface area contributed by atoms with Crippen LogP contribution in [0.15, 0.2) is 22.7 Å². The molecule has 1 atom stereocenters. The highest BCUT2D eigenvalue weighted by Crippen LogP contribution is 2.34. The Morgan fingerprint density at radius 1 is 1.44 bits per heavy atom. The van der Waals surface area contributed by atoms with Gasteiger partial charge in [0.05, 0.1) is 12.5 Å². The van der Waals surface area contributed by atoms with Crippen molar-refractivity contribution in [2.24, 2.45) is 0 Å². The van der Waals surface area contributed by atoms with Crippen molar-refractivity contribution in [2.75, 3.05) is 18.0 Å². The summed E-state index contributed by atoms with van der Waals surface area (Å²) in [7, 11) is 0. The highest BCUT2D eigenvalue weighted by atomic mass is 79.9. The maximum atomic E-state index is 12.0. The van der Waals surface area contributed by atoms with Crippen LogP contribution < -0.4 is 10.2 Å². The third kappa shape index (κ3) is 1.57. The Bertz CT molecular complexity index is 441. The largest absolute Gasteiger partial charge is 0.315 e. The van der Waals surface area contributed by atoms with Crippen LogP contribution in [0.1, 0.15) is 12.0 Å². The third-order valence-electron chi connectivity index (χ3n) is 3.32. The second kappa shape index (κ2) is 3.86. The van der Waals surface area contributed by atoms with E-state index in [1.165, 1.54) is 0 Å². The van der Waals surface area contributed by atoms with E-state index in [0.717, 1.165) is 35.2 Å². The second-order valence-electron chi connectivity index (χ2n) is 4.36. The van der Waals surface area contributed by atoms with Gasteiger partial charge in [0, 0.05) is 16.7 Å². The molecule has 1 N–H and O–H groups in total. The number of amides is 1. The van der Waals surface area contributed by atoms with Gasteiger partial charge >= 0.3 is 0 Å². The summed E-state index contributed by atoms with van der Waals surface area (Å²) < 4.78 is 1.04. The molecule has 84 valence electrons. The Morgan fingerprint density at radius 3 is 3.06 bits per heavy atom. The van der Waals surface area contributed by atoms with Crippen molar-refractivity contribution < 1.29 is 4.79 Å². The molecule has 0 spiro atoms. The van der Waals surface area contributed by atoms with Gasteiger partial charge in [-0.2, -0.15) is 0 Å². The molecular weight excluding hydrogens is 268 g/mol. The Kier molecular flexibility index (Phi) is 2.48. The van der Waals surface area contributed by atoms with Gasteiger partial charge in [-0.05, 0) is 30.7 Å². The van der Waals surface area contributed by atoms with Gasteiger partial charge in [-0.25, -0.2) is 0 Å². The number of nitrogens with zero attached hydrogens (tertiary/aromatic N) is 1. The molecule has 0 aliphatic carbocycles. The Labute approximate surface area is 103 Å². The Hall–Kier alpha value is -0.870. The van der Waals surface area contributed by atoms with Crippen LogP contribution in [0.3, 0.4) is 0 Å². The summed E-state index contributed by atoms with van der Waals surface area (Å²) in [5.74, 6) is 0.238. The van der Waals surface area contributed by atoms with Gasteiger partial charge in [0.1, 0.15) is 0 Å². The molecule has 3 nitrogen and oxygen atoms in total. The zero-order valence-corrected chi connectivity index (χ0v) is 10.5. The minimum atomic E-state index is 0.238. The number of anilines is 1. The van der Waals surface area contributed by atoms with Gasteiger partial charge < -0.3 is 10.2 Å². The lowest BCUT2D eigenvalue weighted by Gasteiger charge is -2.24. The zero-order valence-electron chi connectivity index (χ0n) is 8.87. The Balaban J connectivity index is 2.00. The fourth-order valence-electron chi connectivity index (χ4n) is 2.55. The van der Waals surface area contributed by atoms with E-state index in [9.17, 15) is 4.79 Å². The van der Waals surface area contributed by atoms with Crippen LogP contribution >= 0.6 is 15.9 Å². The molecule has 0 aromatic heterocycles. The number of carbonyl (C=O) groups excluding carboxylic acids is 1. The van der Waals surface area contributed by atoms with E-state index in [-0.39, 0.29) is 5.91 Å². The molecule has 2 heterocycles. The molecule has 4 heteroatoms. The molecular formula is C12H13BrN2O. The van der Waals surface area contributed by atoms with E-state index in [4.69, 9.17) is 0 Å². The van der Waals surface area contributed by atoms with E-state index < -0.39 is 0 Å². The standard InChI is InChI=1S/C12H13BrN2O/c13-9-2-1-8-5-12(16)15(11(8)6-9)10-3-4-14-7-10/h1-2,6,10,14H,3-5,7H2. The van der Waals surface area contributed by atoms with Crippen molar-refractivity contribution in [3.05, 3.63) is 28.2 Å². The lowest BCUT2D eigenvalue weighted by atomic mass is 10.1. The lowest BCUT2D eigenvalue weighted by molar-refractivity contribution is -0.117. The molecule has 1 aromatic carbocycles. The molecule has 0 radical (unpaired) electrons. The number of carbonyl (C=O) groups is 1. The summed E-state index contributed by atoms with van der Waals surface area (Å²) in [6.07, 6.45) is 1.61. The zero-order chi connectivity index (χ0) is 11.1. The first-order valence-corrected chi connectivity index (χ1v) is 6.36. The first-order valence-electron chi connectivity index (χ1n) is 5.57. The molecule has 1 unspecified atom stereocenters. The predicted molar refractivity (Wildman–Crippen MR) is 66.6 cm³/mol. The van der Waals surface area contributed by atoms with Gasteiger partial charge in [0.15, 0.2) is 0 Å². The van der Waals surface area contributed by atoms with Crippen molar-refractivity contribution in [1.29, 1.82) is 0 Å². The summed E-state index contributed by atoms with van der Waals surface area (Å²) in [5, 5.41) is 3.31. The average molecular weight is 281 g/mol. The fourth-order valence-corrected chi connectivity index (χ4v) is 2.90. The van der Waals surface area contributed by atoms with Crippen molar-refractivity contribution in [2.45, 2.75) is 18.9 Å². The van der Waals surface area contributed by atoms with E-state index in [0.29, 0.717) is 12.5 Å². The predicted octanol–water partition coefficient (Wildman–Crippen LogP) is 1.70. The van der Waals surface area contributed by atoms with Crippen LogP contribution in [0.2, 0.25) is 0 Å². The van der Waals surface area contributed by atoms with Gasteiger partial charge in [-0.3, -0.25) is 4.79 Å². The summed E-state index contributed by atoms with van der Waals surface area (Å²) in [6.45, 7) is 1.93. The SMILES string of the molecule is O=C1Cc2ccc(Br)cc2N1C1CCNC1. The molecule has 2 aliphatic rings. The van der Waals surface area contributed by atoms with Crippen LogP contribution in [0.25, 0.3) is 0 Å². The maximum Gasteiger partial charge on any atom is 0.231 e. The molecule has 0 saturated carbocycles. The first-order chi connectivity index (χ1) is 7.75. The van der Waals surface area contributed by atoms with Crippen LogP contribution in [-0.2, 0) is 11.2 Å². The molecule has 1 amide bonds. The molecule has 1 saturated heterocycles. The van der Waals surface area contributed by atoms with Gasteiger partial charge in [-0.15, -0.1) is 0 Å². The highest BCUT2D eigenvalue weighted by molar-refractivity contribution is 9.10. The highest BCUT2D eigenvalue weighted by Gasteiger charge is 2.34.